The van der Waals surface area contributed by atoms with Gasteiger partial charge in [0.1, 0.15) is 10.6 Å². The van der Waals surface area contributed by atoms with E-state index in [0.29, 0.717) is 21.4 Å². The zero-order valence-electron chi connectivity index (χ0n) is 9.65. The Labute approximate surface area is 129 Å². The minimum Gasteiger partial charge on any atom is -0.425 e. The topological polar surface area (TPSA) is 26.3 Å². The summed E-state index contributed by atoms with van der Waals surface area (Å²) in [5.74, 6) is -0.0515. The van der Waals surface area contributed by atoms with E-state index in [1.54, 1.807) is 42.5 Å². The van der Waals surface area contributed by atoms with Gasteiger partial charge < -0.3 is 4.74 Å². The molecule has 0 bridgehead atoms. The number of hydrogen-bond acceptors (Lipinski definition) is 2. The predicted molar refractivity (Wildman–Crippen MR) is 80.2 cm³/mol. The monoisotopic (exact) mass is 358 g/mol. The molecule has 19 heavy (non-hydrogen) atoms. The van der Waals surface area contributed by atoms with Gasteiger partial charge in [0.25, 0.3) is 0 Å². The number of alkyl halides is 1. The van der Waals surface area contributed by atoms with Gasteiger partial charge in [-0.25, -0.2) is 0 Å². The van der Waals surface area contributed by atoms with Crippen LogP contribution in [0.25, 0.3) is 0 Å². The zero-order chi connectivity index (χ0) is 13.8. The van der Waals surface area contributed by atoms with E-state index in [0.717, 1.165) is 0 Å². The van der Waals surface area contributed by atoms with Crippen LogP contribution >= 0.6 is 39.1 Å². The van der Waals surface area contributed by atoms with Gasteiger partial charge in [0, 0.05) is 10.0 Å². The van der Waals surface area contributed by atoms with Gasteiger partial charge in [0.2, 0.25) is 0 Å². The Balaban J connectivity index is 2.14. The van der Waals surface area contributed by atoms with Gasteiger partial charge in [-0.2, -0.15) is 0 Å². The van der Waals surface area contributed by atoms with Crippen LogP contribution in [-0.4, -0.2) is 5.97 Å². The van der Waals surface area contributed by atoms with Gasteiger partial charge in [-0.15, -0.1) is 0 Å². The zero-order valence-corrected chi connectivity index (χ0v) is 12.7. The van der Waals surface area contributed by atoms with Crippen molar-refractivity contribution in [1.82, 2.24) is 0 Å². The Kier molecular flexibility index (Phi) is 4.86. The fraction of sp³-hybridized carbons (Fsp3) is 0.0714. The maximum absolute atomic E-state index is 12.0. The fourth-order valence-electron chi connectivity index (χ4n) is 1.51. The number of esters is 1. The number of carbonyl (C=O) groups excluding carboxylic acids is 1. The Morgan fingerprint density at radius 1 is 1.11 bits per heavy atom. The number of benzene rings is 2. The summed E-state index contributed by atoms with van der Waals surface area (Å²) in [4.78, 5) is 11.4. The SMILES string of the molecule is O=C(Oc1cccc(Cl)c1)C(Br)c1ccccc1Cl. The first kappa shape index (κ1) is 14.4. The molecule has 0 radical (unpaired) electrons. The first-order valence-electron chi connectivity index (χ1n) is 5.43. The molecule has 1 atom stereocenters. The van der Waals surface area contributed by atoms with Gasteiger partial charge in [0.15, 0.2) is 0 Å². The molecule has 0 aliphatic rings. The van der Waals surface area contributed by atoms with Crippen LogP contribution < -0.4 is 4.74 Å². The maximum Gasteiger partial charge on any atom is 0.329 e. The quantitative estimate of drug-likeness (QED) is 0.436. The second-order valence-corrected chi connectivity index (χ2v) is 5.52. The Morgan fingerprint density at radius 2 is 1.84 bits per heavy atom. The van der Waals surface area contributed by atoms with Crippen molar-refractivity contribution >= 4 is 45.1 Å². The smallest absolute Gasteiger partial charge is 0.329 e. The summed E-state index contributed by atoms with van der Waals surface area (Å²) < 4.78 is 5.24. The normalized spacial score (nSPS) is 11.9. The molecule has 0 fully saturated rings. The third-order valence-electron chi connectivity index (χ3n) is 2.40. The summed E-state index contributed by atoms with van der Waals surface area (Å²) in [6.45, 7) is 0. The number of rotatable bonds is 3. The molecule has 2 aromatic carbocycles. The molecule has 2 rings (SSSR count). The van der Waals surface area contributed by atoms with E-state index in [9.17, 15) is 4.79 Å². The first-order chi connectivity index (χ1) is 9.08. The average molecular weight is 360 g/mol. The third kappa shape index (κ3) is 3.72. The van der Waals surface area contributed by atoms with Crippen LogP contribution in [0.4, 0.5) is 0 Å². The summed E-state index contributed by atoms with van der Waals surface area (Å²) in [5.41, 5.74) is 0.663. The summed E-state index contributed by atoms with van der Waals surface area (Å²) >= 11 is 15.1. The lowest BCUT2D eigenvalue weighted by Crippen LogP contribution is -2.14. The predicted octanol–water partition coefficient (Wildman–Crippen LogP) is 5.04. The lowest BCUT2D eigenvalue weighted by atomic mass is 10.1. The van der Waals surface area contributed by atoms with E-state index >= 15 is 0 Å². The molecule has 0 aliphatic carbocycles. The van der Waals surface area contributed by atoms with E-state index in [1.165, 1.54) is 0 Å². The van der Waals surface area contributed by atoms with Crippen LogP contribution in [0.15, 0.2) is 48.5 Å². The van der Waals surface area contributed by atoms with Crippen molar-refractivity contribution in [1.29, 1.82) is 0 Å². The highest BCUT2D eigenvalue weighted by Gasteiger charge is 2.21. The van der Waals surface area contributed by atoms with E-state index in [-0.39, 0.29) is 0 Å². The van der Waals surface area contributed by atoms with Crippen LogP contribution in [0.2, 0.25) is 10.0 Å². The second-order valence-electron chi connectivity index (χ2n) is 3.76. The Bertz CT molecular complexity index is 602. The van der Waals surface area contributed by atoms with Crippen molar-refractivity contribution in [3.05, 3.63) is 64.1 Å². The van der Waals surface area contributed by atoms with Crippen molar-refractivity contribution in [3.8, 4) is 5.75 Å². The lowest BCUT2D eigenvalue weighted by molar-refractivity contribution is -0.133. The van der Waals surface area contributed by atoms with E-state index in [1.807, 2.05) is 6.07 Å². The number of halogens is 3. The summed E-state index contributed by atoms with van der Waals surface area (Å²) in [5, 5.41) is 1.02. The highest BCUT2D eigenvalue weighted by Crippen LogP contribution is 2.31. The summed E-state index contributed by atoms with van der Waals surface area (Å²) in [7, 11) is 0. The van der Waals surface area contributed by atoms with Crippen LogP contribution in [-0.2, 0) is 4.79 Å². The van der Waals surface area contributed by atoms with Crippen LogP contribution in [0.3, 0.4) is 0 Å². The molecule has 98 valence electrons. The minimum atomic E-state index is -0.625. The largest absolute Gasteiger partial charge is 0.425 e. The van der Waals surface area contributed by atoms with Crippen LogP contribution in [0, 0.1) is 0 Å². The van der Waals surface area contributed by atoms with Crippen molar-refractivity contribution in [3.63, 3.8) is 0 Å². The molecule has 0 spiro atoms. The maximum atomic E-state index is 12.0. The molecular formula is C14H9BrCl2O2. The molecule has 0 amide bonds. The van der Waals surface area contributed by atoms with Crippen LogP contribution in [0.1, 0.15) is 10.4 Å². The third-order valence-corrected chi connectivity index (χ3v) is 3.85. The molecule has 1 unspecified atom stereocenters. The average Bonchev–Trinajstić information content (AvgIpc) is 2.38. The molecule has 2 aromatic rings. The number of hydrogen-bond donors (Lipinski definition) is 0. The molecule has 0 heterocycles. The molecular weight excluding hydrogens is 351 g/mol. The molecule has 0 aliphatic heterocycles. The van der Waals surface area contributed by atoms with Gasteiger partial charge in [-0.1, -0.05) is 63.4 Å². The molecule has 0 aromatic heterocycles. The molecule has 0 saturated heterocycles. The summed E-state index contributed by atoms with van der Waals surface area (Å²) in [6, 6.07) is 13.7. The molecule has 0 N–H and O–H groups in total. The van der Waals surface area contributed by atoms with Gasteiger partial charge >= 0.3 is 5.97 Å². The second kappa shape index (κ2) is 6.42. The standard InChI is InChI=1S/C14H9BrCl2O2/c15-13(11-6-1-2-7-12(11)17)14(18)19-10-5-3-4-9(16)8-10/h1-8,13H. The minimum absolute atomic E-state index is 0.397. The molecule has 0 saturated carbocycles. The Hall–Kier alpha value is -1.03. The highest BCUT2D eigenvalue weighted by atomic mass is 79.9. The van der Waals surface area contributed by atoms with E-state index in [2.05, 4.69) is 15.9 Å². The van der Waals surface area contributed by atoms with Crippen molar-refractivity contribution in [2.75, 3.05) is 0 Å². The number of ether oxygens (including phenoxy) is 1. The fourth-order valence-corrected chi connectivity index (χ4v) is 2.56. The van der Waals surface area contributed by atoms with E-state index in [4.69, 9.17) is 27.9 Å². The Morgan fingerprint density at radius 3 is 2.53 bits per heavy atom. The summed E-state index contributed by atoms with van der Waals surface area (Å²) in [6.07, 6.45) is 0. The van der Waals surface area contributed by atoms with Gasteiger partial charge in [-0.3, -0.25) is 4.79 Å². The first-order valence-corrected chi connectivity index (χ1v) is 7.11. The van der Waals surface area contributed by atoms with Gasteiger partial charge in [-0.05, 0) is 29.8 Å². The van der Waals surface area contributed by atoms with Crippen LogP contribution in [0.5, 0.6) is 5.75 Å². The molecule has 5 heteroatoms. The van der Waals surface area contributed by atoms with Crippen molar-refractivity contribution < 1.29 is 9.53 Å². The lowest BCUT2D eigenvalue weighted by Gasteiger charge is -2.11. The number of carbonyl (C=O) groups is 1. The van der Waals surface area contributed by atoms with Gasteiger partial charge in [0.05, 0.1) is 0 Å². The highest BCUT2D eigenvalue weighted by molar-refractivity contribution is 9.09. The van der Waals surface area contributed by atoms with Crippen molar-refractivity contribution in [2.45, 2.75) is 4.83 Å². The molecule has 2 nitrogen and oxygen atoms in total. The van der Waals surface area contributed by atoms with Crippen molar-refractivity contribution in [2.24, 2.45) is 0 Å². The van der Waals surface area contributed by atoms with E-state index < -0.39 is 10.8 Å².